The first kappa shape index (κ1) is 19.7. The predicted molar refractivity (Wildman–Crippen MR) is 111 cm³/mol. The molecular formula is C20H32N4OS. The molecule has 3 rings (SSSR count). The van der Waals surface area contributed by atoms with E-state index >= 15 is 0 Å². The molecule has 5 nitrogen and oxygen atoms in total. The van der Waals surface area contributed by atoms with Crippen molar-refractivity contribution in [3.8, 4) is 0 Å². The zero-order chi connectivity index (χ0) is 18.4. The third-order valence-electron chi connectivity index (χ3n) is 5.35. The Labute approximate surface area is 162 Å². The second-order valence-electron chi connectivity index (χ2n) is 7.30. The first-order valence-electron chi connectivity index (χ1n) is 9.78. The van der Waals surface area contributed by atoms with E-state index in [0.717, 1.165) is 50.5 Å². The number of nitrogens with one attached hydrogen (secondary N) is 1. The lowest BCUT2D eigenvalue weighted by atomic mass is 10.1. The standard InChI is InChI=1S/C20H32N4OS/c1-3-22-6-8-23(9-7-22)16-20(25)21-19-5-4-18(14-17(19)2)15-24-10-12-26-13-11-24/h4-5,14H,3,6-13,15-16H2,1-2H3,(H,21,25). The molecule has 2 aliphatic rings. The van der Waals surface area contributed by atoms with Crippen LogP contribution in [0.1, 0.15) is 18.1 Å². The topological polar surface area (TPSA) is 38.8 Å². The van der Waals surface area contributed by atoms with Gasteiger partial charge in [-0.05, 0) is 30.7 Å². The highest BCUT2D eigenvalue weighted by atomic mass is 32.2. The van der Waals surface area contributed by atoms with Crippen LogP contribution in [-0.4, -0.2) is 84.5 Å². The number of carbonyl (C=O) groups excluding carboxylic acids is 1. The summed E-state index contributed by atoms with van der Waals surface area (Å²) < 4.78 is 0. The molecule has 1 amide bonds. The van der Waals surface area contributed by atoms with Crippen molar-refractivity contribution in [2.75, 3.05) is 69.2 Å². The molecule has 1 aromatic rings. The van der Waals surface area contributed by atoms with Gasteiger partial charge in [0.2, 0.25) is 5.91 Å². The Kier molecular flexibility index (Phi) is 7.37. The summed E-state index contributed by atoms with van der Waals surface area (Å²) in [7, 11) is 0. The summed E-state index contributed by atoms with van der Waals surface area (Å²) in [4.78, 5) is 19.6. The highest BCUT2D eigenvalue weighted by Gasteiger charge is 2.18. The largest absolute Gasteiger partial charge is 0.325 e. The third-order valence-corrected chi connectivity index (χ3v) is 6.30. The first-order chi connectivity index (χ1) is 12.6. The van der Waals surface area contributed by atoms with Crippen LogP contribution in [0.3, 0.4) is 0 Å². The molecule has 0 unspecified atom stereocenters. The Morgan fingerprint density at radius 3 is 2.38 bits per heavy atom. The van der Waals surface area contributed by atoms with Crippen molar-refractivity contribution in [3.05, 3.63) is 29.3 Å². The van der Waals surface area contributed by atoms with Crippen molar-refractivity contribution in [3.63, 3.8) is 0 Å². The molecule has 6 heteroatoms. The van der Waals surface area contributed by atoms with Gasteiger partial charge in [-0.1, -0.05) is 19.1 Å². The minimum absolute atomic E-state index is 0.0962. The number of anilines is 1. The van der Waals surface area contributed by atoms with Gasteiger partial charge in [-0.25, -0.2) is 0 Å². The van der Waals surface area contributed by atoms with Crippen molar-refractivity contribution >= 4 is 23.4 Å². The number of amides is 1. The Hall–Kier alpha value is -1.08. The molecule has 0 aliphatic carbocycles. The summed E-state index contributed by atoms with van der Waals surface area (Å²) in [6.07, 6.45) is 0. The molecule has 0 bridgehead atoms. The molecule has 1 N–H and O–H groups in total. The zero-order valence-corrected chi connectivity index (χ0v) is 17.0. The quantitative estimate of drug-likeness (QED) is 0.823. The summed E-state index contributed by atoms with van der Waals surface area (Å²) in [5.74, 6) is 2.57. The molecule has 2 aliphatic heterocycles. The molecule has 0 saturated carbocycles. The lowest BCUT2D eigenvalue weighted by Crippen LogP contribution is -2.48. The maximum absolute atomic E-state index is 12.4. The average Bonchev–Trinajstić information content (AvgIpc) is 2.65. The maximum atomic E-state index is 12.4. The van der Waals surface area contributed by atoms with Crippen LogP contribution in [-0.2, 0) is 11.3 Å². The summed E-state index contributed by atoms with van der Waals surface area (Å²) in [6, 6.07) is 6.44. The monoisotopic (exact) mass is 376 g/mol. The molecule has 144 valence electrons. The minimum atomic E-state index is 0.0962. The fraction of sp³-hybridized carbons (Fsp3) is 0.650. The van der Waals surface area contributed by atoms with Crippen LogP contribution in [0, 0.1) is 6.92 Å². The second-order valence-corrected chi connectivity index (χ2v) is 8.52. The second kappa shape index (κ2) is 9.74. The highest BCUT2D eigenvalue weighted by Crippen LogP contribution is 2.19. The number of hydrogen-bond donors (Lipinski definition) is 1. The Morgan fingerprint density at radius 1 is 1.04 bits per heavy atom. The number of hydrogen-bond acceptors (Lipinski definition) is 5. The van der Waals surface area contributed by atoms with Gasteiger partial charge in [0.1, 0.15) is 0 Å². The number of nitrogens with zero attached hydrogens (tertiary/aromatic N) is 3. The van der Waals surface area contributed by atoms with E-state index in [-0.39, 0.29) is 5.91 Å². The van der Waals surface area contributed by atoms with Gasteiger partial charge in [-0.15, -0.1) is 0 Å². The van der Waals surface area contributed by atoms with Crippen molar-refractivity contribution in [1.82, 2.24) is 14.7 Å². The third kappa shape index (κ3) is 5.71. The van der Waals surface area contributed by atoms with Crippen molar-refractivity contribution < 1.29 is 4.79 Å². The number of thioether (sulfide) groups is 1. The molecule has 0 atom stereocenters. The highest BCUT2D eigenvalue weighted by molar-refractivity contribution is 7.99. The summed E-state index contributed by atoms with van der Waals surface area (Å²) in [6.45, 7) is 13.3. The van der Waals surface area contributed by atoms with E-state index < -0.39 is 0 Å². The number of piperazine rings is 1. The molecule has 2 heterocycles. The number of likely N-dealkylation sites (N-methyl/N-ethyl adjacent to an activating group) is 1. The molecule has 0 radical (unpaired) electrons. The molecule has 26 heavy (non-hydrogen) atoms. The zero-order valence-electron chi connectivity index (χ0n) is 16.2. The number of carbonyl (C=O) groups is 1. The molecule has 0 aromatic heterocycles. The lowest BCUT2D eigenvalue weighted by molar-refractivity contribution is -0.117. The fourth-order valence-corrected chi connectivity index (χ4v) is 4.62. The van der Waals surface area contributed by atoms with Gasteiger partial charge in [0.05, 0.1) is 6.54 Å². The van der Waals surface area contributed by atoms with Crippen LogP contribution >= 0.6 is 11.8 Å². The van der Waals surface area contributed by atoms with Crippen molar-refractivity contribution in [2.24, 2.45) is 0 Å². The van der Waals surface area contributed by atoms with Gasteiger partial charge < -0.3 is 10.2 Å². The molecule has 2 saturated heterocycles. The fourth-order valence-electron chi connectivity index (χ4n) is 3.64. The van der Waals surface area contributed by atoms with Crippen LogP contribution in [0.4, 0.5) is 5.69 Å². The Morgan fingerprint density at radius 2 is 1.73 bits per heavy atom. The van der Waals surface area contributed by atoms with Gasteiger partial charge >= 0.3 is 0 Å². The van der Waals surface area contributed by atoms with Crippen molar-refractivity contribution in [2.45, 2.75) is 20.4 Å². The normalized spacial score (nSPS) is 20.2. The Balaban J connectivity index is 1.48. The van der Waals surface area contributed by atoms with Gasteiger partial charge in [-0.2, -0.15) is 11.8 Å². The summed E-state index contributed by atoms with van der Waals surface area (Å²) in [5.41, 5.74) is 3.43. The molecule has 0 spiro atoms. The van der Waals surface area contributed by atoms with E-state index in [9.17, 15) is 4.79 Å². The van der Waals surface area contributed by atoms with E-state index in [2.05, 4.69) is 52.1 Å². The van der Waals surface area contributed by atoms with E-state index in [1.54, 1.807) is 0 Å². The number of rotatable bonds is 6. The number of aryl methyl sites for hydroxylation is 1. The van der Waals surface area contributed by atoms with E-state index in [4.69, 9.17) is 0 Å². The van der Waals surface area contributed by atoms with Gasteiger partial charge in [0.25, 0.3) is 0 Å². The van der Waals surface area contributed by atoms with Gasteiger partial charge in [-0.3, -0.25) is 14.6 Å². The SMILES string of the molecule is CCN1CCN(CC(=O)Nc2ccc(CN3CCSCC3)cc2C)CC1. The summed E-state index contributed by atoms with van der Waals surface area (Å²) >= 11 is 2.04. The van der Waals surface area contributed by atoms with E-state index in [0.29, 0.717) is 6.54 Å². The minimum Gasteiger partial charge on any atom is -0.325 e. The average molecular weight is 377 g/mol. The van der Waals surface area contributed by atoms with Gasteiger partial charge in [0, 0.05) is 63.0 Å². The van der Waals surface area contributed by atoms with Crippen LogP contribution in [0.5, 0.6) is 0 Å². The first-order valence-corrected chi connectivity index (χ1v) is 10.9. The predicted octanol–water partition coefficient (Wildman–Crippen LogP) is 2.12. The molecular weight excluding hydrogens is 344 g/mol. The van der Waals surface area contributed by atoms with Crippen molar-refractivity contribution in [1.29, 1.82) is 0 Å². The van der Waals surface area contributed by atoms with E-state index in [1.807, 2.05) is 11.8 Å². The maximum Gasteiger partial charge on any atom is 0.238 e. The van der Waals surface area contributed by atoms with Crippen LogP contribution < -0.4 is 5.32 Å². The van der Waals surface area contributed by atoms with Gasteiger partial charge in [0.15, 0.2) is 0 Å². The van der Waals surface area contributed by atoms with E-state index in [1.165, 1.54) is 30.2 Å². The lowest BCUT2D eigenvalue weighted by Gasteiger charge is -2.33. The van der Waals surface area contributed by atoms with Crippen LogP contribution in [0.15, 0.2) is 18.2 Å². The van der Waals surface area contributed by atoms with Crippen LogP contribution in [0.2, 0.25) is 0 Å². The summed E-state index contributed by atoms with van der Waals surface area (Å²) in [5, 5.41) is 3.10. The van der Waals surface area contributed by atoms with Crippen LogP contribution in [0.25, 0.3) is 0 Å². The Bertz CT molecular complexity index is 595. The number of benzene rings is 1. The molecule has 2 fully saturated rings. The smallest absolute Gasteiger partial charge is 0.238 e. The molecule has 1 aromatic carbocycles.